The summed E-state index contributed by atoms with van der Waals surface area (Å²) in [5.74, 6) is 6.55. The molecule has 0 aromatic carbocycles. The van der Waals surface area contributed by atoms with Gasteiger partial charge in [0.05, 0.1) is 4.47 Å². The molecule has 0 unspecified atom stereocenters. The topological polar surface area (TPSA) is 75.9 Å². The monoisotopic (exact) mass is 345 g/mol. The molecule has 1 aliphatic rings. The third kappa shape index (κ3) is 3.73. The van der Waals surface area contributed by atoms with Crippen molar-refractivity contribution in [2.75, 3.05) is 23.5 Å². The Labute approximate surface area is 126 Å². The molecule has 19 heavy (non-hydrogen) atoms. The molecule has 1 heterocycles. The van der Waals surface area contributed by atoms with E-state index in [-0.39, 0.29) is 0 Å². The van der Waals surface area contributed by atoms with Crippen molar-refractivity contribution in [3.8, 4) is 0 Å². The predicted octanol–water partition coefficient (Wildman–Crippen LogP) is 3.00. The van der Waals surface area contributed by atoms with Crippen molar-refractivity contribution in [2.45, 2.75) is 36.9 Å². The van der Waals surface area contributed by atoms with Gasteiger partial charge in [0.1, 0.15) is 5.82 Å². The molecule has 5 nitrogen and oxygen atoms in total. The first kappa shape index (κ1) is 14.9. The molecule has 106 valence electrons. The Kier molecular flexibility index (Phi) is 5.29. The van der Waals surface area contributed by atoms with Crippen LogP contribution in [0.15, 0.2) is 10.7 Å². The summed E-state index contributed by atoms with van der Waals surface area (Å²) < 4.78 is 1.19. The van der Waals surface area contributed by atoms with E-state index in [1.54, 1.807) is 6.20 Å². The fourth-order valence-corrected chi connectivity index (χ4v) is 3.70. The molecular weight excluding hydrogens is 326 g/mol. The van der Waals surface area contributed by atoms with E-state index in [1.165, 1.54) is 32.1 Å². The molecule has 0 saturated heterocycles. The third-order valence-corrected chi connectivity index (χ3v) is 5.65. The average molecular weight is 346 g/mol. The molecule has 1 aromatic rings. The minimum atomic E-state index is 0.332. The van der Waals surface area contributed by atoms with Crippen LogP contribution < -0.4 is 16.6 Å². The first-order valence-electron chi connectivity index (χ1n) is 6.47. The van der Waals surface area contributed by atoms with Gasteiger partial charge in [-0.15, -0.1) is 0 Å². The van der Waals surface area contributed by atoms with Crippen LogP contribution in [0.25, 0.3) is 0 Å². The molecule has 7 heteroatoms. The SMILES string of the molecule is CSC1(CNc2nc(NN)ncc2Br)CCCCC1. The van der Waals surface area contributed by atoms with E-state index in [4.69, 9.17) is 5.84 Å². The highest BCUT2D eigenvalue weighted by Gasteiger charge is 2.31. The number of hydrogen-bond acceptors (Lipinski definition) is 6. The Morgan fingerprint density at radius 3 is 2.79 bits per heavy atom. The standard InChI is InChI=1S/C12H20BrN5S/c1-19-12(5-3-2-4-6-12)8-16-10-9(13)7-15-11(17-10)18-14/h7H,2-6,8,14H2,1H3,(H2,15,16,17,18). The summed E-state index contributed by atoms with van der Waals surface area (Å²) in [5.41, 5.74) is 2.47. The van der Waals surface area contributed by atoms with E-state index in [2.05, 4.69) is 42.9 Å². The van der Waals surface area contributed by atoms with Crippen molar-refractivity contribution in [1.29, 1.82) is 0 Å². The van der Waals surface area contributed by atoms with Gasteiger partial charge in [-0.2, -0.15) is 16.7 Å². The van der Waals surface area contributed by atoms with E-state index in [0.29, 0.717) is 10.7 Å². The molecule has 0 aliphatic heterocycles. The lowest BCUT2D eigenvalue weighted by molar-refractivity contribution is 0.411. The Hall–Kier alpha value is -0.530. The number of nitrogens with zero attached hydrogens (tertiary/aromatic N) is 2. The highest BCUT2D eigenvalue weighted by atomic mass is 79.9. The van der Waals surface area contributed by atoms with Crippen molar-refractivity contribution >= 4 is 39.5 Å². The number of hydrogen-bond donors (Lipinski definition) is 3. The van der Waals surface area contributed by atoms with E-state index < -0.39 is 0 Å². The number of hydrazine groups is 1. The number of nitrogens with one attached hydrogen (secondary N) is 2. The summed E-state index contributed by atoms with van der Waals surface area (Å²) in [6.07, 6.45) is 10.5. The first-order valence-corrected chi connectivity index (χ1v) is 8.49. The van der Waals surface area contributed by atoms with Gasteiger partial charge in [0, 0.05) is 17.5 Å². The number of aromatic nitrogens is 2. The lowest BCUT2D eigenvalue weighted by atomic mass is 9.88. The maximum Gasteiger partial charge on any atom is 0.239 e. The minimum Gasteiger partial charge on any atom is -0.368 e. The fourth-order valence-electron chi connectivity index (χ4n) is 2.45. The van der Waals surface area contributed by atoms with Crippen LogP contribution in [-0.4, -0.2) is 27.5 Å². The molecule has 0 radical (unpaired) electrons. The number of thioether (sulfide) groups is 1. The molecule has 1 aromatic heterocycles. The lowest BCUT2D eigenvalue weighted by Gasteiger charge is -2.36. The Morgan fingerprint density at radius 2 is 2.16 bits per heavy atom. The van der Waals surface area contributed by atoms with Gasteiger partial charge in [-0.1, -0.05) is 19.3 Å². The smallest absolute Gasteiger partial charge is 0.239 e. The van der Waals surface area contributed by atoms with Gasteiger partial charge in [0.25, 0.3) is 0 Å². The second-order valence-electron chi connectivity index (χ2n) is 4.84. The predicted molar refractivity (Wildman–Crippen MR) is 85.4 cm³/mol. The maximum absolute atomic E-state index is 5.34. The zero-order chi connectivity index (χ0) is 13.7. The van der Waals surface area contributed by atoms with Gasteiger partial charge < -0.3 is 5.32 Å². The highest BCUT2D eigenvalue weighted by Crippen LogP contribution is 2.38. The lowest BCUT2D eigenvalue weighted by Crippen LogP contribution is -2.35. The fraction of sp³-hybridized carbons (Fsp3) is 0.667. The van der Waals surface area contributed by atoms with Gasteiger partial charge in [-0.25, -0.2) is 10.8 Å². The van der Waals surface area contributed by atoms with Crippen molar-refractivity contribution in [2.24, 2.45) is 5.84 Å². The van der Waals surface area contributed by atoms with Crippen LogP contribution in [0.2, 0.25) is 0 Å². The van der Waals surface area contributed by atoms with E-state index in [9.17, 15) is 0 Å². The van der Waals surface area contributed by atoms with Crippen LogP contribution >= 0.6 is 27.7 Å². The van der Waals surface area contributed by atoms with Crippen molar-refractivity contribution < 1.29 is 0 Å². The summed E-state index contributed by atoms with van der Waals surface area (Å²) in [7, 11) is 0. The number of rotatable bonds is 5. The van der Waals surface area contributed by atoms with Crippen molar-refractivity contribution in [3.05, 3.63) is 10.7 Å². The summed E-state index contributed by atoms with van der Waals surface area (Å²) in [6, 6.07) is 0. The number of nitrogens with two attached hydrogens (primary N) is 1. The second-order valence-corrected chi connectivity index (χ2v) is 6.96. The molecular formula is C12H20BrN5S. The van der Waals surface area contributed by atoms with Crippen LogP contribution in [0, 0.1) is 0 Å². The zero-order valence-corrected chi connectivity index (χ0v) is 13.5. The zero-order valence-electron chi connectivity index (χ0n) is 11.1. The van der Waals surface area contributed by atoms with Gasteiger partial charge in [-0.05, 0) is 35.0 Å². The molecule has 0 spiro atoms. The Bertz CT molecular complexity index is 423. The van der Waals surface area contributed by atoms with Gasteiger partial charge >= 0.3 is 0 Å². The molecule has 2 rings (SSSR count). The first-order chi connectivity index (χ1) is 9.19. The average Bonchev–Trinajstić information content (AvgIpc) is 2.47. The highest BCUT2D eigenvalue weighted by molar-refractivity contribution is 9.10. The largest absolute Gasteiger partial charge is 0.368 e. The Balaban J connectivity index is 2.04. The van der Waals surface area contributed by atoms with Crippen LogP contribution in [-0.2, 0) is 0 Å². The van der Waals surface area contributed by atoms with Crippen LogP contribution in [0.4, 0.5) is 11.8 Å². The quantitative estimate of drug-likeness (QED) is 0.562. The molecule has 4 N–H and O–H groups in total. The number of anilines is 2. The molecule has 0 bridgehead atoms. The summed E-state index contributed by atoms with van der Waals surface area (Å²) in [4.78, 5) is 8.38. The molecule has 1 saturated carbocycles. The van der Waals surface area contributed by atoms with E-state index in [0.717, 1.165) is 16.8 Å². The number of halogens is 1. The summed E-state index contributed by atoms with van der Waals surface area (Å²) in [6.45, 7) is 0.924. The molecule has 0 amide bonds. The normalized spacial score (nSPS) is 18.1. The maximum atomic E-state index is 5.34. The third-order valence-electron chi connectivity index (χ3n) is 3.65. The summed E-state index contributed by atoms with van der Waals surface area (Å²) >= 11 is 5.43. The second kappa shape index (κ2) is 6.76. The minimum absolute atomic E-state index is 0.332. The molecule has 1 aliphatic carbocycles. The van der Waals surface area contributed by atoms with Crippen molar-refractivity contribution in [3.63, 3.8) is 0 Å². The molecule has 1 fully saturated rings. The van der Waals surface area contributed by atoms with E-state index in [1.807, 2.05) is 11.8 Å². The van der Waals surface area contributed by atoms with E-state index >= 15 is 0 Å². The Morgan fingerprint density at radius 1 is 1.42 bits per heavy atom. The number of nitrogen functional groups attached to an aromatic ring is 1. The summed E-state index contributed by atoms with van der Waals surface area (Å²) in [5, 5.41) is 3.43. The van der Waals surface area contributed by atoms with Crippen LogP contribution in [0.3, 0.4) is 0 Å². The van der Waals surface area contributed by atoms with Crippen molar-refractivity contribution in [1.82, 2.24) is 9.97 Å². The molecule has 0 atom stereocenters. The van der Waals surface area contributed by atoms with Crippen LogP contribution in [0.1, 0.15) is 32.1 Å². The van der Waals surface area contributed by atoms with Gasteiger partial charge in [0.2, 0.25) is 5.95 Å². The van der Waals surface area contributed by atoms with Crippen LogP contribution in [0.5, 0.6) is 0 Å². The van der Waals surface area contributed by atoms with Gasteiger partial charge in [-0.3, -0.25) is 5.43 Å². The van der Waals surface area contributed by atoms with Gasteiger partial charge in [0.15, 0.2) is 0 Å².